The molecule has 6 nitrogen and oxygen atoms in total. The number of aliphatic hydroxyl groups is 1. The number of hydrogen-bond donors (Lipinski definition) is 2. The third-order valence-electron chi connectivity index (χ3n) is 3.44. The Morgan fingerprint density at radius 3 is 2.48 bits per heavy atom. The molecule has 2 N–H and O–H groups in total. The van der Waals surface area contributed by atoms with Gasteiger partial charge in [0.25, 0.3) is 5.91 Å². The van der Waals surface area contributed by atoms with Crippen molar-refractivity contribution in [1.29, 1.82) is 0 Å². The normalized spacial score (nSPS) is 19.6. The van der Waals surface area contributed by atoms with Crippen molar-refractivity contribution >= 4 is 11.9 Å². The van der Waals surface area contributed by atoms with E-state index in [1.807, 2.05) is 32.0 Å². The molecule has 21 heavy (non-hydrogen) atoms. The molecule has 1 aliphatic rings. The molecular formula is C15H20N2O4. The van der Waals surface area contributed by atoms with E-state index >= 15 is 0 Å². The van der Waals surface area contributed by atoms with E-state index < -0.39 is 18.2 Å². The molecule has 1 aliphatic heterocycles. The van der Waals surface area contributed by atoms with Crippen molar-refractivity contribution in [1.82, 2.24) is 10.2 Å². The number of urea groups is 1. The van der Waals surface area contributed by atoms with Crippen LogP contribution >= 0.6 is 0 Å². The maximum atomic E-state index is 11.7. The van der Waals surface area contributed by atoms with Gasteiger partial charge < -0.3 is 15.2 Å². The first-order chi connectivity index (χ1) is 9.90. The van der Waals surface area contributed by atoms with Gasteiger partial charge in [-0.2, -0.15) is 0 Å². The lowest BCUT2D eigenvalue weighted by molar-refractivity contribution is -0.128. The number of nitrogens with one attached hydrogen (secondary N) is 1. The predicted molar refractivity (Wildman–Crippen MR) is 77.1 cm³/mol. The third kappa shape index (κ3) is 3.33. The van der Waals surface area contributed by atoms with Crippen LogP contribution in [0, 0.1) is 13.8 Å². The molecule has 2 atom stereocenters. The predicted octanol–water partition coefficient (Wildman–Crippen LogP) is 0.983. The molecule has 0 radical (unpaired) electrons. The summed E-state index contributed by atoms with van der Waals surface area (Å²) < 4.78 is 5.62. The first-order valence-electron chi connectivity index (χ1n) is 6.89. The Morgan fingerprint density at radius 1 is 1.33 bits per heavy atom. The van der Waals surface area contributed by atoms with Crippen LogP contribution in [-0.4, -0.2) is 47.2 Å². The van der Waals surface area contributed by atoms with Gasteiger partial charge in [-0.15, -0.1) is 0 Å². The average Bonchev–Trinajstić information content (AvgIpc) is 2.65. The molecule has 1 saturated heterocycles. The van der Waals surface area contributed by atoms with Crippen molar-refractivity contribution in [3.63, 3.8) is 0 Å². The van der Waals surface area contributed by atoms with Crippen LogP contribution in [0.4, 0.5) is 4.79 Å². The summed E-state index contributed by atoms with van der Waals surface area (Å²) in [6, 6.07) is 4.77. The second-order valence-corrected chi connectivity index (χ2v) is 5.31. The highest BCUT2D eigenvalue weighted by Crippen LogP contribution is 2.22. The molecule has 2 rings (SSSR count). The molecule has 6 heteroatoms. The number of nitrogens with zero attached hydrogens (tertiary/aromatic N) is 1. The van der Waals surface area contributed by atoms with Gasteiger partial charge in [0.2, 0.25) is 0 Å². The molecule has 0 bridgehead atoms. The molecule has 0 aromatic heterocycles. The van der Waals surface area contributed by atoms with E-state index in [0.29, 0.717) is 0 Å². The molecule has 0 aliphatic carbocycles. The van der Waals surface area contributed by atoms with Crippen molar-refractivity contribution < 1.29 is 19.4 Å². The third-order valence-corrected chi connectivity index (χ3v) is 3.44. The summed E-state index contributed by atoms with van der Waals surface area (Å²) in [5.41, 5.74) is 1.96. The minimum Gasteiger partial charge on any atom is -0.490 e. The highest BCUT2D eigenvalue weighted by molar-refractivity contribution is 6.03. The summed E-state index contributed by atoms with van der Waals surface area (Å²) in [4.78, 5) is 24.3. The van der Waals surface area contributed by atoms with Gasteiger partial charge in [-0.1, -0.05) is 18.2 Å². The minimum atomic E-state index is -0.927. The minimum absolute atomic E-state index is 0.0249. The highest BCUT2D eigenvalue weighted by atomic mass is 16.5. The number of ether oxygens (including phenoxy) is 1. The Labute approximate surface area is 123 Å². The van der Waals surface area contributed by atoms with Gasteiger partial charge in [-0.3, -0.25) is 9.69 Å². The maximum absolute atomic E-state index is 11.7. The van der Waals surface area contributed by atoms with Crippen molar-refractivity contribution in [3.8, 4) is 5.75 Å². The Bertz CT molecular complexity index is 538. The average molecular weight is 292 g/mol. The van der Waals surface area contributed by atoms with Crippen molar-refractivity contribution in [2.24, 2.45) is 0 Å². The smallest absolute Gasteiger partial charge is 0.324 e. The van der Waals surface area contributed by atoms with Gasteiger partial charge in [-0.05, 0) is 31.9 Å². The summed E-state index contributed by atoms with van der Waals surface area (Å²) in [6.45, 7) is 5.42. The Kier molecular flexibility index (Phi) is 4.47. The van der Waals surface area contributed by atoms with Gasteiger partial charge >= 0.3 is 6.03 Å². The van der Waals surface area contributed by atoms with E-state index in [2.05, 4.69) is 5.32 Å². The fraction of sp³-hybridized carbons (Fsp3) is 0.467. The van der Waals surface area contributed by atoms with Crippen LogP contribution in [0.1, 0.15) is 18.1 Å². The Balaban J connectivity index is 1.92. The topological polar surface area (TPSA) is 78.9 Å². The molecule has 114 valence electrons. The Morgan fingerprint density at radius 2 is 1.95 bits per heavy atom. The second kappa shape index (κ2) is 6.13. The number of benzene rings is 1. The van der Waals surface area contributed by atoms with Gasteiger partial charge in [0, 0.05) is 0 Å². The molecule has 2 unspecified atom stereocenters. The fourth-order valence-electron chi connectivity index (χ4n) is 2.30. The standard InChI is InChI=1S/C15H20N2O4/c1-9-5-4-6-10(2)13(9)21-8-12(18)7-17-14(19)11(3)16-15(17)20/h4-6,11-12,18H,7-8H2,1-3H3,(H,16,20). The van der Waals surface area contributed by atoms with Crippen LogP contribution in [0.3, 0.4) is 0 Å². The van der Waals surface area contributed by atoms with E-state index in [1.54, 1.807) is 6.92 Å². The number of imide groups is 1. The molecule has 0 spiro atoms. The molecular weight excluding hydrogens is 272 g/mol. The lowest BCUT2D eigenvalue weighted by Gasteiger charge is -2.19. The maximum Gasteiger partial charge on any atom is 0.324 e. The largest absolute Gasteiger partial charge is 0.490 e. The van der Waals surface area contributed by atoms with E-state index in [4.69, 9.17) is 4.74 Å². The molecule has 3 amide bonds. The monoisotopic (exact) mass is 292 g/mol. The molecule has 1 fully saturated rings. The summed E-state index contributed by atoms with van der Waals surface area (Å²) in [7, 11) is 0. The van der Waals surface area contributed by atoms with Crippen molar-refractivity contribution in [3.05, 3.63) is 29.3 Å². The molecule has 0 saturated carbocycles. The summed E-state index contributed by atoms with van der Waals surface area (Å²) in [5.74, 6) is 0.397. The lowest BCUT2D eigenvalue weighted by atomic mass is 10.1. The van der Waals surface area contributed by atoms with Crippen LogP contribution in [0.15, 0.2) is 18.2 Å². The van der Waals surface area contributed by atoms with Crippen LogP contribution in [0.2, 0.25) is 0 Å². The van der Waals surface area contributed by atoms with E-state index in [0.717, 1.165) is 21.8 Å². The number of aliphatic hydroxyl groups excluding tert-OH is 1. The zero-order chi connectivity index (χ0) is 15.6. The summed E-state index contributed by atoms with van der Waals surface area (Å²) >= 11 is 0. The first-order valence-corrected chi connectivity index (χ1v) is 6.89. The number of hydrogen-bond acceptors (Lipinski definition) is 4. The number of carbonyl (C=O) groups excluding carboxylic acids is 2. The van der Waals surface area contributed by atoms with Crippen molar-refractivity contribution in [2.45, 2.75) is 32.9 Å². The summed E-state index contributed by atoms with van der Waals surface area (Å²) in [6.07, 6.45) is -0.927. The van der Waals surface area contributed by atoms with E-state index in [1.165, 1.54) is 0 Å². The van der Waals surface area contributed by atoms with Crippen LogP contribution in [-0.2, 0) is 4.79 Å². The second-order valence-electron chi connectivity index (χ2n) is 5.31. The molecule has 1 heterocycles. The number of amides is 3. The number of β-amino-alcohol motifs (C(OH)–C–C–N with tert-alkyl or cyclic N) is 1. The molecule has 1 aromatic rings. The zero-order valence-corrected chi connectivity index (χ0v) is 12.4. The van der Waals surface area contributed by atoms with Crippen LogP contribution in [0.5, 0.6) is 5.75 Å². The van der Waals surface area contributed by atoms with Gasteiger partial charge in [0.05, 0.1) is 6.54 Å². The van der Waals surface area contributed by atoms with E-state index in [-0.39, 0.29) is 19.1 Å². The van der Waals surface area contributed by atoms with Gasteiger partial charge in [-0.25, -0.2) is 4.79 Å². The number of para-hydroxylation sites is 1. The first kappa shape index (κ1) is 15.3. The Hall–Kier alpha value is -2.08. The highest BCUT2D eigenvalue weighted by Gasteiger charge is 2.36. The zero-order valence-electron chi connectivity index (χ0n) is 12.4. The van der Waals surface area contributed by atoms with E-state index in [9.17, 15) is 14.7 Å². The van der Waals surface area contributed by atoms with Crippen molar-refractivity contribution in [2.75, 3.05) is 13.2 Å². The number of rotatable bonds is 5. The number of carbonyl (C=O) groups is 2. The SMILES string of the molecule is Cc1cccc(C)c1OCC(O)CN1C(=O)NC(C)C1=O. The van der Waals surface area contributed by atoms with Gasteiger partial charge in [0.15, 0.2) is 0 Å². The molecule has 1 aromatic carbocycles. The quantitative estimate of drug-likeness (QED) is 0.793. The van der Waals surface area contributed by atoms with Gasteiger partial charge in [0.1, 0.15) is 24.5 Å². The van der Waals surface area contributed by atoms with Crippen LogP contribution in [0.25, 0.3) is 0 Å². The number of aryl methyl sites for hydroxylation is 2. The van der Waals surface area contributed by atoms with Crippen LogP contribution < -0.4 is 10.1 Å². The fourth-order valence-corrected chi connectivity index (χ4v) is 2.30. The summed E-state index contributed by atoms with van der Waals surface area (Å²) in [5, 5.41) is 12.5. The lowest BCUT2D eigenvalue weighted by Crippen LogP contribution is -2.40.